The van der Waals surface area contributed by atoms with Gasteiger partial charge < -0.3 is 0 Å². The smallest absolute Gasteiger partial charge is 0.229 e. The number of rotatable bonds is 3. The van der Waals surface area contributed by atoms with Crippen molar-refractivity contribution in [1.82, 2.24) is 25.6 Å². The molecule has 0 radical (unpaired) electrons. The molecule has 1 aromatic carbocycles. The molecule has 0 aliphatic rings. The topological polar surface area (TPSA) is 67.3 Å². The lowest BCUT2D eigenvalue weighted by molar-refractivity contribution is -0.137. The van der Waals surface area contributed by atoms with Crippen molar-refractivity contribution in [3.63, 3.8) is 0 Å². The van der Waals surface area contributed by atoms with Gasteiger partial charge in [-0.25, -0.2) is 4.98 Å². The molecule has 2 aromatic heterocycles. The molecule has 0 aliphatic carbocycles. The zero-order valence-corrected chi connectivity index (χ0v) is 11.8. The van der Waals surface area contributed by atoms with E-state index in [1.165, 1.54) is 23.5 Å². The van der Waals surface area contributed by atoms with E-state index < -0.39 is 11.7 Å². The summed E-state index contributed by atoms with van der Waals surface area (Å²) in [4.78, 5) is 4.19. The molecule has 0 atom stereocenters. The predicted molar refractivity (Wildman–Crippen MR) is 70.9 cm³/mol. The van der Waals surface area contributed by atoms with Crippen LogP contribution in [0.25, 0.3) is 11.3 Å². The van der Waals surface area contributed by atoms with Crippen molar-refractivity contribution >= 4 is 23.1 Å². The van der Waals surface area contributed by atoms with Crippen LogP contribution in [0.1, 0.15) is 5.56 Å². The Morgan fingerprint density at radius 2 is 2.00 bits per heavy atom. The Kier molecular flexibility index (Phi) is 3.64. The van der Waals surface area contributed by atoms with Gasteiger partial charge in [-0.05, 0) is 23.0 Å². The molecule has 0 spiro atoms. The van der Waals surface area contributed by atoms with Gasteiger partial charge in [0.05, 0.1) is 11.3 Å². The molecule has 10 heteroatoms. The molecule has 0 fully saturated rings. The Labute approximate surface area is 124 Å². The van der Waals surface area contributed by atoms with E-state index >= 15 is 0 Å². The lowest BCUT2D eigenvalue weighted by atomic mass is 10.1. The van der Waals surface area contributed by atoms with Crippen LogP contribution in [-0.2, 0) is 6.18 Å². The minimum atomic E-state index is -4.42. The third kappa shape index (κ3) is 3.05. The van der Waals surface area contributed by atoms with Crippen molar-refractivity contribution in [3.05, 3.63) is 35.2 Å². The molecule has 0 saturated heterocycles. The molecular weight excluding hydrogens is 323 g/mol. The number of aromatic nitrogens is 5. The van der Waals surface area contributed by atoms with Gasteiger partial charge in [-0.2, -0.15) is 18.4 Å². The second-order valence-electron chi connectivity index (χ2n) is 3.84. The summed E-state index contributed by atoms with van der Waals surface area (Å²) in [6.45, 7) is 0. The number of H-pyrrole nitrogens is 1. The second kappa shape index (κ2) is 5.45. The molecule has 3 aromatic rings. The van der Waals surface area contributed by atoms with Gasteiger partial charge in [-0.1, -0.05) is 18.2 Å². The van der Waals surface area contributed by atoms with Crippen LogP contribution in [-0.4, -0.2) is 25.6 Å². The van der Waals surface area contributed by atoms with Gasteiger partial charge in [0.25, 0.3) is 0 Å². The second-order valence-corrected chi connectivity index (χ2v) is 5.91. The highest BCUT2D eigenvalue weighted by Crippen LogP contribution is 2.38. The highest BCUT2D eigenvalue weighted by atomic mass is 32.2. The van der Waals surface area contributed by atoms with Gasteiger partial charge in [0.2, 0.25) is 5.16 Å². The highest BCUT2D eigenvalue weighted by Gasteiger charge is 2.33. The van der Waals surface area contributed by atoms with Gasteiger partial charge in [0.1, 0.15) is 0 Å². The van der Waals surface area contributed by atoms with Crippen molar-refractivity contribution in [3.8, 4) is 11.3 Å². The maximum absolute atomic E-state index is 13.0. The van der Waals surface area contributed by atoms with E-state index in [1.807, 2.05) is 0 Å². The maximum atomic E-state index is 13.0. The number of tetrazole rings is 1. The molecule has 3 rings (SSSR count). The molecule has 0 bridgehead atoms. The largest absolute Gasteiger partial charge is 0.417 e. The highest BCUT2D eigenvalue weighted by molar-refractivity contribution is 8.00. The summed E-state index contributed by atoms with van der Waals surface area (Å²) in [7, 11) is 0. The number of halogens is 3. The lowest BCUT2D eigenvalue weighted by Crippen LogP contribution is -2.06. The Morgan fingerprint density at radius 1 is 1.19 bits per heavy atom. The first kappa shape index (κ1) is 14.0. The minimum Gasteiger partial charge on any atom is -0.229 e. The Balaban J connectivity index is 1.93. The van der Waals surface area contributed by atoms with E-state index in [1.54, 1.807) is 11.4 Å². The zero-order valence-electron chi connectivity index (χ0n) is 10.1. The Hall–Kier alpha value is -1.94. The van der Waals surface area contributed by atoms with Crippen molar-refractivity contribution < 1.29 is 13.2 Å². The van der Waals surface area contributed by atoms with Crippen LogP contribution >= 0.6 is 23.1 Å². The number of nitrogens with one attached hydrogen (secondary N) is 1. The van der Waals surface area contributed by atoms with E-state index in [-0.39, 0.29) is 11.3 Å². The van der Waals surface area contributed by atoms with Gasteiger partial charge >= 0.3 is 6.18 Å². The molecule has 5 nitrogen and oxygen atoms in total. The normalized spacial score (nSPS) is 11.8. The molecule has 0 saturated carbocycles. The molecule has 1 N–H and O–H groups in total. The van der Waals surface area contributed by atoms with Crippen LogP contribution < -0.4 is 0 Å². The fraction of sp³-hybridized carbons (Fsp3) is 0.0909. The third-order valence-corrected chi connectivity index (χ3v) is 4.29. The summed E-state index contributed by atoms with van der Waals surface area (Å²) in [5.74, 6) is 0. The summed E-state index contributed by atoms with van der Waals surface area (Å²) < 4.78 is 39.5. The average molecular weight is 329 g/mol. The van der Waals surface area contributed by atoms with Crippen LogP contribution in [0, 0.1) is 0 Å². The number of aromatic amines is 1. The van der Waals surface area contributed by atoms with Crippen LogP contribution in [0.5, 0.6) is 0 Å². The number of hydrogen-bond donors (Lipinski definition) is 1. The molecule has 2 heterocycles. The number of alkyl halides is 3. The number of thiazole rings is 1. The van der Waals surface area contributed by atoms with Crippen LogP contribution in [0.2, 0.25) is 0 Å². The summed E-state index contributed by atoms with van der Waals surface area (Å²) in [6.07, 6.45) is -4.42. The van der Waals surface area contributed by atoms with Gasteiger partial charge in [-0.15, -0.1) is 21.5 Å². The van der Waals surface area contributed by atoms with E-state index in [2.05, 4.69) is 25.6 Å². The molecule has 0 aliphatic heterocycles. The minimum absolute atomic E-state index is 0.0567. The van der Waals surface area contributed by atoms with Gasteiger partial charge in [-0.3, -0.25) is 0 Å². The zero-order chi connectivity index (χ0) is 14.9. The third-order valence-electron chi connectivity index (χ3n) is 2.50. The summed E-state index contributed by atoms with van der Waals surface area (Å²) >= 11 is 2.36. The fourth-order valence-corrected chi connectivity index (χ4v) is 3.23. The standard InChI is InChI=1S/C11H6F3N5S2/c12-11(13,14)7-4-2-1-3-6(7)8-5-20-10(15-8)21-9-16-18-19-17-9/h1-5H,(H,16,17,18,19). The first-order valence-electron chi connectivity index (χ1n) is 5.57. The van der Waals surface area contributed by atoms with E-state index in [0.29, 0.717) is 9.50 Å². The quantitative estimate of drug-likeness (QED) is 0.796. The van der Waals surface area contributed by atoms with Crippen molar-refractivity contribution in [2.24, 2.45) is 0 Å². The van der Waals surface area contributed by atoms with E-state index in [9.17, 15) is 13.2 Å². The monoisotopic (exact) mass is 329 g/mol. The van der Waals surface area contributed by atoms with E-state index in [4.69, 9.17) is 0 Å². The van der Waals surface area contributed by atoms with Crippen molar-refractivity contribution in [1.29, 1.82) is 0 Å². The predicted octanol–water partition coefficient (Wildman–Crippen LogP) is 3.49. The maximum Gasteiger partial charge on any atom is 0.417 e. The van der Waals surface area contributed by atoms with Crippen LogP contribution in [0.3, 0.4) is 0 Å². The Morgan fingerprint density at radius 3 is 2.71 bits per heavy atom. The lowest BCUT2D eigenvalue weighted by Gasteiger charge is -2.10. The molecule has 108 valence electrons. The van der Waals surface area contributed by atoms with Gasteiger partial charge in [0.15, 0.2) is 4.34 Å². The number of benzene rings is 1. The molecular formula is C11H6F3N5S2. The SMILES string of the molecule is FC(F)(F)c1ccccc1-c1csc(Sc2nn[nH]n2)n1. The van der Waals surface area contributed by atoms with Crippen LogP contribution in [0.4, 0.5) is 13.2 Å². The number of nitrogens with zero attached hydrogens (tertiary/aromatic N) is 4. The summed E-state index contributed by atoms with van der Waals surface area (Å²) in [6, 6.07) is 5.35. The fourth-order valence-electron chi connectivity index (χ4n) is 1.66. The number of hydrogen-bond acceptors (Lipinski definition) is 6. The van der Waals surface area contributed by atoms with Crippen molar-refractivity contribution in [2.45, 2.75) is 15.7 Å². The molecule has 0 unspecified atom stereocenters. The Bertz CT molecular complexity index is 738. The molecule has 21 heavy (non-hydrogen) atoms. The van der Waals surface area contributed by atoms with Gasteiger partial charge in [0, 0.05) is 10.9 Å². The summed E-state index contributed by atoms with van der Waals surface area (Å²) in [5.41, 5.74) is -0.369. The molecule has 0 amide bonds. The van der Waals surface area contributed by atoms with E-state index in [0.717, 1.165) is 17.8 Å². The summed E-state index contributed by atoms with van der Waals surface area (Å²) in [5, 5.41) is 15.1. The first-order valence-corrected chi connectivity index (χ1v) is 7.27. The van der Waals surface area contributed by atoms with Crippen LogP contribution in [0.15, 0.2) is 39.1 Å². The first-order chi connectivity index (χ1) is 10.0. The van der Waals surface area contributed by atoms with Crippen molar-refractivity contribution in [2.75, 3.05) is 0 Å². The average Bonchev–Trinajstić information content (AvgIpc) is 3.10.